The van der Waals surface area contributed by atoms with Crippen molar-refractivity contribution in [2.45, 2.75) is 12.8 Å². The number of nitrogens with zero attached hydrogens (tertiary/aromatic N) is 2. The number of phenolic OH excluding ortho intramolecular Hbond substituents is 1. The van der Waals surface area contributed by atoms with E-state index in [-0.39, 0.29) is 5.75 Å². The second-order valence-electron chi connectivity index (χ2n) is 4.83. The van der Waals surface area contributed by atoms with Crippen molar-refractivity contribution in [3.05, 3.63) is 35.5 Å². The summed E-state index contributed by atoms with van der Waals surface area (Å²) in [7, 11) is 0. The fourth-order valence-corrected chi connectivity index (χ4v) is 2.82. The summed E-state index contributed by atoms with van der Waals surface area (Å²) in [6.45, 7) is 2.01. The first-order chi connectivity index (χ1) is 8.79. The molecule has 0 aliphatic carbocycles. The standard InChI is InChI=1S/C14H16N2O2/c17-13-4-2-1-3-11(13)9-12-14(15-18)10-5-7-16(12)8-6-10/h1-4,9-10,17-18H,5-8H2/b12-9+,15-14+. The van der Waals surface area contributed by atoms with Crippen LogP contribution in [-0.2, 0) is 0 Å². The first-order valence-electron chi connectivity index (χ1n) is 6.26. The maximum atomic E-state index is 9.80. The number of oxime groups is 1. The maximum absolute atomic E-state index is 9.80. The first-order valence-corrected chi connectivity index (χ1v) is 6.26. The second-order valence-corrected chi connectivity index (χ2v) is 4.83. The van der Waals surface area contributed by atoms with Crippen LogP contribution in [0.2, 0.25) is 0 Å². The van der Waals surface area contributed by atoms with Crippen molar-refractivity contribution in [3.63, 3.8) is 0 Å². The van der Waals surface area contributed by atoms with Gasteiger partial charge in [0.15, 0.2) is 0 Å². The second kappa shape index (κ2) is 4.37. The van der Waals surface area contributed by atoms with Gasteiger partial charge in [0.1, 0.15) is 11.5 Å². The molecule has 18 heavy (non-hydrogen) atoms. The van der Waals surface area contributed by atoms with Crippen LogP contribution in [0.3, 0.4) is 0 Å². The largest absolute Gasteiger partial charge is 0.507 e. The molecule has 3 saturated heterocycles. The molecule has 0 spiro atoms. The minimum atomic E-state index is 0.255. The summed E-state index contributed by atoms with van der Waals surface area (Å²) in [6, 6.07) is 7.21. The number of para-hydroxylation sites is 1. The summed E-state index contributed by atoms with van der Waals surface area (Å²) in [5.74, 6) is 0.613. The molecule has 4 rings (SSSR count). The molecule has 0 radical (unpaired) electrons. The monoisotopic (exact) mass is 244 g/mol. The van der Waals surface area contributed by atoms with E-state index in [2.05, 4.69) is 10.1 Å². The van der Waals surface area contributed by atoms with Crippen LogP contribution in [0.25, 0.3) is 6.08 Å². The van der Waals surface area contributed by atoms with Crippen molar-refractivity contribution in [1.82, 2.24) is 4.90 Å². The lowest BCUT2D eigenvalue weighted by Gasteiger charge is -2.42. The normalized spacial score (nSPS) is 24.1. The Labute approximate surface area is 106 Å². The molecule has 4 heteroatoms. The Bertz CT molecular complexity index is 514. The topological polar surface area (TPSA) is 56.1 Å². The van der Waals surface area contributed by atoms with E-state index in [9.17, 15) is 10.3 Å². The van der Waals surface area contributed by atoms with E-state index >= 15 is 0 Å². The van der Waals surface area contributed by atoms with Crippen LogP contribution in [0.4, 0.5) is 0 Å². The van der Waals surface area contributed by atoms with Crippen LogP contribution in [0.1, 0.15) is 18.4 Å². The van der Waals surface area contributed by atoms with Gasteiger partial charge in [0.2, 0.25) is 0 Å². The van der Waals surface area contributed by atoms with Gasteiger partial charge in [-0.25, -0.2) is 0 Å². The smallest absolute Gasteiger partial charge is 0.122 e. The van der Waals surface area contributed by atoms with E-state index in [0.29, 0.717) is 5.92 Å². The molecule has 1 aromatic rings. The number of piperidine rings is 3. The lowest BCUT2D eigenvalue weighted by Crippen LogP contribution is -2.46. The Morgan fingerprint density at radius 2 is 1.94 bits per heavy atom. The fourth-order valence-electron chi connectivity index (χ4n) is 2.82. The fraction of sp³-hybridized carbons (Fsp3) is 0.357. The van der Waals surface area contributed by atoms with Crippen LogP contribution in [0, 0.1) is 5.92 Å². The summed E-state index contributed by atoms with van der Waals surface area (Å²) in [5, 5.41) is 22.5. The van der Waals surface area contributed by atoms with Gasteiger partial charge in [-0.2, -0.15) is 0 Å². The van der Waals surface area contributed by atoms with Crippen molar-refractivity contribution in [2.75, 3.05) is 13.1 Å². The Morgan fingerprint density at radius 1 is 1.22 bits per heavy atom. The van der Waals surface area contributed by atoms with Crippen LogP contribution in [-0.4, -0.2) is 34.0 Å². The average molecular weight is 244 g/mol. The minimum Gasteiger partial charge on any atom is -0.507 e. The van der Waals surface area contributed by atoms with Crippen LogP contribution in [0.5, 0.6) is 5.75 Å². The van der Waals surface area contributed by atoms with Gasteiger partial charge in [0.05, 0.1) is 5.70 Å². The summed E-state index contributed by atoms with van der Waals surface area (Å²) >= 11 is 0. The summed E-state index contributed by atoms with van der Waals surface area (Å²) in [6.07, 6.45) is 4.02. The molecular weight excluding hydrogens is 228 g/mol. The SMILES string of the molecule is O/N=C1/C(=C\c2ccccc2O)N2CCC1CC2. The molecule has 2 N–H and O–H groups in total. The Kier molecular flexibility index (Phi) is 2.70. The van der Waals surface area contributed by atoms with Gasteiger partial charge >= 0.3 is 0 Å². The van der Waals surface area contributed by atoms with Crippen molar-refractivity contribution >= 4 is 11.8 Å². The number of fused-ring (bicyclic) bond motifs is 3. The van der Waals surface area contributed by atoms with E-state index in [0.717, 1.165) is 42.9 Å². The molecule has 0 amide bonds. The van der Waals surface area contributed by atoms with Gasteiger partial charge in [-0.3, -0.25) is 0 Å². The number of rotatable bonds is 1. The average Bonchev–Trinajstić information content (AvgIpc) is 2.42. The minimum absolute atomic E-state index is 0.255. The Balaban J connectivity index is 2.02. The Hall–Kier alpha value is -1.97. The van der Waals surface area contributed by atoms with E-state index in [1.807, 2.05) is 18.2 Å². The lowest BCUT2D eigenvalue weighted by atomic mass is 9.83. The summed E-state index contributed by atoms with van der Waals surface area (Å²) in [5.41, 5.74) is 2.47. The van der Waals surface area contributed by atoms with Gasteiger partial charge < -0.3 is 15.2 Å². The Morgan fingerprint density at radius 3 is 2.61 bits per heavy atom. The highest BCUT2D eigenvalue weighted by atomic mass is 16.4. The molecule has 0 unspecified atom stereocenters. The van der Waals surface area contributed by atoms with Crippen molar-refractivity contribution < 1.29 is 10.3 Å². The summed E-state index contributed by atoms with van der Waals surface area (Å²) < 4.78 is 0. The molecule has 3 heterocycles. The molecule has 2 bridgehead atoms. The quantitative estimate of drug-likeness (QED) is 0.588. The lowest BCUT2D eigenvalue weighted by molar-refractivity contribution is 0.229. The third kappa shape index (κ3) is 1.74. The first kappa shape index (κ1) is 11.1. The zero-order chi connectivity index (χ0) is 12.5. The number of aromatic hydroxyl groups is 1. The molecule has 3 aliphatic rings. The zero-order valence-corrected chi connectivity index (χ0v) is 10.1. The van der Waals surface area contributed by atoms with Crippen molar-refractivity contribution in [3.8, 4) is 5.75 Å². The number of hydrogen-bond donors (Lipinski definition) is 2. The van der Waals surface area contributed by atoms with Crippen molar-refractivity contribution in [1.29, 1.82) is 0 Å². The van der Waals surface area contributed by atoms with Gasteiger partial charge in [0.25, 0.3) is 0 Å². The van der Waals surface area contributed by atoms with Gasteiger partial charge in [-0.05, 0) is 25.0 Å². The molecule has 1 aromatic carbocycles. The van der Waals surface area contributed by atoms with Crippen LogP contribution >= 0.6 is 0 Å². The molecule has 3 aliphatic heterocycles. The van der Waals surface area contributed by atoms with E-state index in [4.69, 9.17) is 0 Å². The summed E-state index contributed by atoms with van der Waals surface area (Å²) in [4.78, 5) is 2.22. The third-order valence-electron chi connectivity index (χ3n) is 3.82. The molecule has 0 atom stereocenters. The molecule has 0 aromatic heterocycles. The van der Waals surface area contributed by atoms with Crippen molar-refractivity contribution in [2.24, 2.45) is 11.1 Å². The number of hydrogen-bond acceptors (Lipinski definition) is 4. The van der Waals surface area contributed by atoms with Gasteiger partial charge in [-0.1, -0.05) is 23.4 Å². The third-order valence-corrected chi connectivity index (χ3v) is 3.82. The predicted octanol–water partition coefficient (Wildman–Crippen LogP) is 2.29. The van der Waals surface area contributed by atoms with Crippen LogP contribution < -0.4 is 0 Å². The molecule has 4 nitrogen and oxygen atoms in total. The molecule has 94 valence electrons. The highest BCUT2D eigenvalue weighted by Crippen LogP contribution is 2.34. The maximum Gasteiger partial charge on any atom is 0.122 e. The highest BCUT2D eigenvalue weighted by molar-refractivity contribution is 6.05. The van der Waals surface area contributed by atoms with E-state index in [1.54, 1.807) is 12.1 Å². The number of benzene rings is 1. The van der Waals surface area contributed by atoms with E-state index < -0.39 is 0 Å². The number of phenols is 1. The van der Waals surface area contributed by atoms with Gasteiger partial charge in [0, 0.05) is 24.6 Å². The van der Waals surface area contributed by atoms with Gasteiger partial charge in [-0.15, -0.1) is 0 Å². The zero-order valence-electron chi connectivity index (χ0n) is 10.1. The molecule has 3 fully saturated rings. The molecule has 0 saturated carbocycles. The number of allylic oxidation sites excluding steroid dienone is 1. The van der Waals surface area contributed by atoms with Crippen LogP contribution in [0.15, 0.2) is 35.1 Å². The highest BCUT2D eigenvalue weighted by Gasteiger charge is 2.35. The molecular formula is C14H16N2O2. The predicted molar refractivity (Wildman–Crippen MR) is 69.6 cm³/mol. The van der Waals surface area contributed by atoms with E-state index in [1.165, 1.54) is 0 Å².